The van der Waals surface area contributed by atoms with Gasteiger partial charge in [0.2, 0.25) is 0 Å². The van der Waals surface area contributed by atoms with Crippen molar-refractivity contribution < 1.29 is 14.0 Å². The number of fused-ring (bicyclic) bond motifs is 1. The summed E-state index contributed by atoms with van der Waals surface area (Å²) in [5.74, 6) is -0.688. The number of amides is 2. The van der Waals surface area contributed by atoms with Gasteiger partial charge in [-0.25, -0.2) is 4.39 Å². The highest BCUT2D eigenvalue weighted by Crippen LogP contribution is 2.44. The lowest BCUT2D eigenvalue weighted by atomic mass is 9.79. The zero-order valence-corrected chi connectivity index (χ0v) is 18.1. The van der Waals surface area contributed by atoms with Gasteiger partial charge in [-0.1, -0.05) is 29.8 Å². The van der Waals surface area contributed by atoms with Crippen molar-refractivity contribution in [3.8, 4) is 0 Å². The van der Waals surface area contributed by atoms with Crippen LogP contribution in [0, 0.1) is 19.7 Å². The van der Waals surface area contributed by atoms with Gasteiger partial charge in [0.25, 0.3) is 11.8 Å². The number of aromatic nitrogens is 2. The van der Waals surface area contributed by atoms with E-state index in [0.29, 0.717) is 11.4 Å². The molecule has 6 nitrogen and oxygen atoms in total. The Hall–Kier alpha value is -3.48. The molecule has 2 aromatic carbocycles. The zero-order valence-electron chi connectivity index (χ0n) is 18.1. The second-order valence-corrected chi connectivity index (χ2v) is 8.73. The van der Waals surface area contributed by atoms with Crippen molar-refractivity contribution in [1.82, 2.24) is 15.5 Å². The molecule has 0 bridgehead atoms. The highest BCUT2D eigenvalue weighted by atomic mass is 19.1. The molecule has 3 aromatic rings. The molecule has 1 aliphatic carbocycles. The summed E-state index contributed by atoms with van der Waals surface area (Å²) in [7, 11) is 0. The smallest absolute Gasteiger partial charge is 0.252 e. The molecule has 0 unspecified atom stereocenters. The van der Waals surface area contributed by atoms with Crippen LogP contribution in [-0.2, 0) is 4.79 Å². The van der Waals surface area contributed by atoms with Gasteiger partial charge in [-0.05, 0) is 62.9 Å². The number of hydrogen-bond donors (Lipinski definition) is 2. The Morgan fingerprint density at radius 1 is 1.16 bits per heavy atom. The Morgan fingerprint density at radius 2 is 1.91 bits per heavy atom. The lowest BCUT2D eigenvalue weighted by Crippen LogP contribution is -2.59. The van der Waals surface area contributed by atoms with E-state index in [4.69, 9.17) is 0 Å². The first-order valence-electron chi connectivity index (χ1n) is 10.9. The highest BCUT2D eigenvalue weighted by molar-refractivity contribution is 6.05. The number of H-pyrrole nitrogens is 1. The zero-order chi connectivity index (χ0) is 22.4. The Labute approximate surface area is 185 Å². The SMILES string of the molecule is Cc1cccc(C(=O)N[C@@H]2C(=O)N(C3CCC3)c3n[nH]c(C)c3[C@@H]2c2ccc(F)cc2)c1. The topological polar surface area (TPSA) is 78.1 Å². The maximum Gasteiger partial charge on any atom is 0.252 e. The first-order valence-corrected chi connectivity index (χ1v) is 10.9. The summed E-state index contributed by atoms with van der Waals surface area (Å²) in [6.45, 7) is 3.83. The molecule has 0 saturated heterocycles. The summed E-state index contributed by atoms with van der Waals surface area (Å²) in [6.07, 6.45) is 2.89. The first-order chi connectivity index (χ1) is 15.4. The maximum absolute atomic E-state index is 13.8. The number of nitrogens with zero attached hydrogens (tertiary/aromatic N) is 2. The molecule has 1 aromatic heterocycles. The van der Waals surface area contributed by atoms with Crippen LogP contribution in [0.25, 0.3) is 0 Å². The minimum Gasteiger partial charge on any atom is -0.339 e. The summed E-state index contributed by atoms with van der Waals surface area (Å²) >= 11 is 0. The van der Waals surface area contributed by atoms with Crippen LogP contribution in [0.4, 0.5) is 10.2 Å². The molecule has 2 N–H and O–H groups in total. The van der Waals surface area contributed by atoms with Crippen LogP contribution in [0.5, 0.6) is 0 Å². The van der Waals surface area contributed by atoms with Gasteiger partial charge < -0.3 is 5.32 Å². The summed E-state index contributed by atoms with van der Waals surface area (Å²) in [4.78, 5) is 28.7. The molecule has 164 valence electrons. The van der Waals surface area contributed by atoms with Gasteiger partial charge in [0, 0.05) is 28.8 Å². The number of carbonyl (C=O) groups is 2. The summed E-state index contributed by atoms with van der Waals surface area (Å²) < 4.78 is 13.7. The lowest BCUT2D eigenvalue weighted by Gasteiger charge is -2.44. The average Bonchev–Trinajstić information content (AvgIpc) is 3.11. The predicted molar refractivity (Wildman–Crippen MR) is 119 cm³/mol. The van der Waals surface area contributed by atoms with Crippen LogP contribution in [0.15, 0.2) is 48.5 Å². The second kappa shape index (κ2) is 7.89. The molecule has 2 heterocycles. The molecule has 1 saturated carbocycles. The van der Waals surface area contributed by atoms with Crippen LogP contribution >= 0.6 is 0 Å². The van der Waals surface area contributed by atoms with E-state index in [2.05, 4.69) is 15.5 Å². The summed E-state index contributed by atoms with van der Waals surface area (Å²) in [5, 5.41) is 10.5. The summed E-state index contributed by atoms with van der Waals surface area (Å²) in [5.41, 5.74) is 3.93. The van der Waals surface area contributed by atoms with Gasteiger partial charge in [0.1, 0.15) is 11.9 Å². The number of carbonyl (C=O) groups excluding carboxylic acids is 2. The highest BCUT2D eigenvalue weighted by Gasteiger charge is 2.47. The predicted octanol–water partition coefficient (Wildman–Crippen LogP) is 4.00. The number of rotatable bonds is 4. The molecule has 1 fully saturated rings. The van der Waals surface area contributed by atoms with Gasteiger partial charge in [0.05, 0.1) is 0 Å². The van der Waals surface area contributed by atoms with Gasteiger partial charge >= 0.3 is 0 Å². The number of hydrogen-bond acceptors (Lipinski definition) is 3. The van der Waals surface area contributed by atoms with E-state index in [-0.39, 0.29) is 23.7 Å². The minimum atomic E-state index is -0.821. The normalized spacial score (nSPS) is 20.6. The molecule has 32 heavy (non-hydrogen) atoms. The first kappa shape index (κ1) is 20.4. The number of aryl methyl sites for hydroxylation is 2. The molecule has 5 rings (SSSR count). The van der Waals surface area contributed by atoms with E-state index in [1.54, 1.807) is 29.2 Å². The van der Waals surface area contributed by atoms with Gasteiger partial charge in [-0.3, -0.25) is 19.6 Å². The van der Waals surface area contributed by atoms with Crippen LogP contribution < -0.4 is 10.2 Å². The van der Waals surface area contributed by atoms with Crippen LogP contribution in [0.1, 0.15) is 57.9 Å². The van der Waals surface area contributed by atoms with Gasteiger partial charge in [-0.2, -0.15) is 5.10 Å². The largest absolute Gasteiger partial charge is 0.339 e. The van der Waals surface area contributed by atoms with Gasteiger partial charge in [0.15, 0.2) is 5.82 Å². The molecule has 2 atom stereocenters. The van der Waals surface area contributed by atoms with Crippen molar-refractivity contribution in [3.05, 3.63) is 82.3 Å². The van der Waals surface area contributed by atoms with Crippen molar-refractivity contribution in [2.45, 2.75) is 51.1 Å². The molecule has 1 aliphatic heterocycles. The fraction of sp³-hybridized carbons (Fsp3) is 0.320. The number of halogens is 1. The minimum absolute atomic E-state index is 0.0801. The number of anilines is 1. The Morgan fingerprint density at radius 3 is 2.56 bits per heavy atom. The van der Waals surface area contributed by atoms with E-state index < -0.39 is 12.0 Å². The van der Waals surface area contributed by atoms with Crippen molar-refractivity contribution in [1.29, 1.82) is 0 Å². The van der Waals surface area contributed by atoms with Crippen molar-refractivity contribution in [2.24, 2.45) is 0 Å². The Bertz CT molecular complexity index is 1180. The monoisotopic (exact) mass is 432 g/mol. The second-order valence-electron chi connectivity index (χ2n) is 8.73. The molecule has 2 amide bonds. The van der Waals surface area contributed by atoms with Crippen LogP contribution in [-0.4, -0.2) is 34.1 Å². The van der Waals surface area contributed by atoms with E-state index in [1.807, 2.05) is 26.0 Å². The van der Waals surface area contributed by atoms with Crippen molar-refractivity contribution in [3.63, 3.8) is 0 Å². The third-order valence-corrected chi connectivity index (χ3v) is 6.59. The maximum atomic E-state index is 13.8. The lowest BCUT2D eigenvalue weighted by molar-refractivity contribution is -0.122. The quantitative estimate of drug-likeness (QED) is 0.654. The van der Waals surface area contributed by atoms with E-state index in [0.717, 1.165) is 41.6 Å². The molecular formula is C25H25FN4O2. The number of nitrogens with one attached hydrogen (secondary N) is 2. The molecular weight excluding hydrogens is 407 g/mol. The van der Waals surface area contributed by atoms with Crippen LogP contribution in [0.3, 0.4) is 0 Å². The molecule has 7 heteroatoms. The number of aromatic amines is 1. The Kier molecular flexibility index (Phi) is 5.04. The van der Waals surface area contributed by atoms with E-state index in [1.165, 1.54) is 12.1 Å². The summed E-state index contributed by atoms with van der Waals surface area (Å²) in [6, 6.07) is 12.7. The number of benzene rings is 2. The fourth-order valence-electron chi connectivity index (χ4n) is 4.73. The average molecular weight is 432 g/mol. The third-order valence-electron chi connectivity index (χ3n) is 6.59. The van der Waals surface area contributed by atoms with E-state index >= 15 is 0 Å². The standard InChI is InChI=1S/C25H25FN4O2/c1-14-5-3-6-17(13-14)24(31)27-22-21(16-9-11-18(26)12-10-16)20-15(2)28-29-23(20)30(25(22)32)19-7-4-8-19/h3,5-6,9-13,19,21-22H,4,7-8H2,1-2H3,(H,27,31)(H,28,29)/t21-,22-/m0/s1. The Balaban J connectivity index is 1.61. The van der Waals surface area contributed by atoms with Crippen molar-refractivity contribution in [2.75, 3.05) is 4.90 Å². The molecule has 0 radical (unpaired) electrons. The molecule has 0 spiro atoms. The molecule has 2 aliphatic rings. The third kappa shape index (κ3) is 3.38. The van der Waals surface area contributed by atoms with E-state index in [9.17, 15) is 14.0 Å². The van der Waals surface area contributed by atoms with Crippen molar-refractivity contribution >= 4 is 17.6 Å². The fourth-order valence-corrected chi connectivity index (χ4v) is 4.73. The van der Waals surface area contributed by atoms with Crippen LogP contribution in [0.2, 0.25) is 0 Å². The van der Waals surface area contributed by atoms with Gasteiger partial charge in [-0.15, -0.1) is 0 Å².